The number of carbonyl (C=O) groups is 1. The highest BCUT2D eigenvalue weighted by atomic mass is 16.5. The van der Waals surface area contributed by atoms with Crippen molar-refractivity contribution >= 4 is 17.4 Å². The molecule has 0 saturated carbocycles. The third kappa shape index (κ3) is 2.82. The van der Waals surface area contributed by atoms with Crippen molar-refractivity contribution < 1.29 is 9.53 Å². The van der Waals surface area contributed by atoms with Crippen molar-refractivity contribution in [3.8, 4) is 0 Å². The Morgan fingerprint density at radius 3 is 3.05 bits per heavy atom. The van der Waals surface area contributed by atoms with Gasteiger partial charge < -0.3 is 15.0 Å². The first-order chi connectivity index (χ1) is 9.83. The highest BCUT2D eigenvalue weighted by molar-refractivity contribution is 5.76. The number of fused-ring (bicyclic) bond motifs is 1. The van der Waals surface area contributed by atoms with Crippen LogP contribution in [0.1, 0.15) is 6.42 Å². The van der Waals surface area contributed by atoms with Gasteiger partial charge in [-0.2, -0.15) is 0 Å². The van der Waals surface area contributed by atoms with Crippen LogP contribution < -0.4 is 5.32 Å². The average molecular weight is 277 g/mol. The third-order valence-corrected chi connectivity index (χ3v) is 3.08. The van der Waals surface area contributed by atoms with E-state index in [2.05, 4.69) is 25.9 Å². The molecule has 3 rings (SSSR count). The minimum atomic E-state index is 0.129. The lowest BCUT2D eigenvalue weighted by Gasteiger charge is -2.26. The van der Waals surface area contributed by atoms with Crippen LogP contribution in [0.25, 0.3) is 5.65 Å². The van der Waals surface area contributed by atoms with Crippen LogP contribution in [-0.4, -0.2) is 68.9 Å². The quantitative estimate of drug-likeness (QED) is 0.779. The van der Waals surface area contributed by atoms with Gasteiger partial charge in [0.25, 0.3) is 0 Å². The summed E-state index contributed by atoms with van der Waals surface area (Å²) in [6.45, 7) is 3.12. The summed E-state index contributed by atoms with van der Waals surface area (Å²) >= 11 is 0. The Morgan fingerprint density at radius 2 is 2.20 bits per heavy atom. The first-order valence-electron chi connectivity index (χ1n) is 6.48. The smallest absolute Gasteiger partial charge is 0.224 e. The average Bonchev–Trinajstić information content (AvgIpc) is 2.95. The lowest BCUT2D eigenvalue weighted by atomic mass is 10.3. The Morgan fingerprint density at radius 1 is 1.35 bits per heavy atom. The molecule has 1 aliphatic rings. The van der Waals surface area contributed by atoms with Gasteiger partial charge in [0, 0.05) is 26.1 Å². The van der Waals surface area contributed by atoms with Crippen molar-refractivity contribution in [3.05, 3.63) is 12.1 Å². The second kappa shape index (κ2) is 5.78. The third-order valence-electron chi connectivity index (χ3n) is 3.08. The fourth-order valence-electron chi connectivity index (χ4n) is 2.01. The molecule has 9 heteroatoms. The molecule has 20 heavy (non-hydrogen) atoms. The SMILES string of the molecule is O=C(CCNc1ccc2nnnn2n1)N1CCOCC1. The van der Waals surface area contributed by atoms with Gasteiger partial charge in [0.1, 0.15) is 5.82 Å². The number of carbonyl (C=O) groups excluding carboxylic acids is 1. The van der Waals surface area contributed by atoms with Gasteiger partial charge in [-0.15, -0.1) is 14.8 Å². The molecule has 3 heterocycles. The first-order valence-corrected chi connectivity index (χ1v) is 6.48. The standard InChI is InChI=1S/C11H15N7O2/c19-11(17-5-7-20-8-6-17)3-4-12-9-1-2-10-13-15-16-18(10)14-9/h1-2H,3-8H2,(H,12,14). The van der Waals surface area contributed by atoms with Gasteiger partial charge in [-0.05, 0) is 22.6 Å². The number of morpholine rings is 1. The highest BCUT2D eigenvalue weighted by Gasteiger charge is 2.16. The fraction of sp³-hybridized carbons (Fsp3) is 0.545. The molecule has 0 spiro atoms. The summed E-state index contributed by atoms with van der Waals surface area (Å²) in [7, 11) is 0. The van der Waals surface area contributed by atoms with Gasteiger partial charge in [-0.1, -0.05) is 0 Å². The summed E-state index contributed by atoms with van der Waals surface area (Å²) in [5, 5.41) is 18.3. The van der Waals surface area contributed by atoms with Gasteiger partial charge in [-0.3, -0.25) is 4.79 Å². The van der Waals surface area contributed by atoms with Crippen LogP contribution in [0.15, 0.2) is 12.1 Å². The minimum absolute atomic E-state index is 0.129. The molecule has 9 nitrogen and oxygen atoms in total. The molecular weight excluding hydrogens is 262 g/mol. The number of aromatic nitrogens is 5. The first kappa shape index (κ1) is 12.7. The van der Waals surface area contributed by atoms with E-state index >= 15 is 0 Å². The van der Waals surface area contributed by atoms with Crippen molar-refractivity contribution in [2.45, 2.75) is 6.42 Å². The number of anilines is 1. The Kier molecular flexibility index (Phi) is 3.68. The summed E-state index contributed by atoms with van der Waals surface area (Å²) < 4.78 is 6.56. The summed E-state index contributed by atoms with van der Waals surface area (Å²) in [5.74, 6) is 0.767. The van der Waals surface area contributed by atoms with Crippen molar-refractivity contribution in [3.63, 3.8) is 0 Å². The molecule has 2 aromatic rings. The van der Waals surface area contributed by atoms with Crippen LogP contribution in [0, 0.1) is 0 Å². The molecular formula is C11H15N7O2. The molecule has 0 unspecified atom stereocenters. The summed E-state index contributed by atoms with van der Waals surface area (Å²) in [6, 6.07) is 3.55. The van der Waals surface area contributed by atoms with Gasteiger partial charge in [0.05, 0.1) is 13.2 Å². The van der Waals surface area contributed by atoms with Crippen LogP contribution >= 0.6 is 0 Å². The van der Waals surface area contributed by atoms with E-state index in [4.69, 9.17) is 4.74 Å². The Hall–Kier alpha value is -2.29. The van der Waals surface area contributed by atoms with Gasteiger partial charge >= 0.3 is 0 Å². The van der Waals surface area contributed by atoms with Crippen molar-refractivity contribution in [2.24, 2.45) is 0 Å². The minimum Gasteiger partial charge on any atom is -0.378 e. The van der Waals surface area contributed by atoms with Crippen LogP contribution in [-0.2, 0) is 9.53 Å². The molecule has 0 bridgehead atoms. The lowest BCUT2D eigenvalue weighted by Crippen LogP contribution is -2.41. The lowest BCUT2D eigenvalue weighted by molar-refractivity contribution is -0.134. The summed E-state index contributed by atoms with van der Waals surface area (Å²) in [4.78, 5) is 13.8. The number of rotatable bonds is 4. The maximum Gasteiger partial charge on any atom is 0.224 e. The second-order valence-electron chi connectivity index (χ2n) is 4.42. The molecule has 1 aliphatic heterocycles. The summed E-state index contributed by atoms with van der Waals surface area (Å²) in [6.07, 6.45) is 0.426. The van der Waals surface area contributed by atoms with E-state index in [-0.39, 0.29) is 5.91 Å². The van der Waals surface area contributed by atoms with E-state index in [9.17, 15) is 4.79 Å². The zero-order chi connectivity index (χ0) is 13.8. The van der Waals surface area contributed by atoms with Crippen molar-refractivity contribution in [2.75, 3.05) is 38.2 Å². The van der Waals surface area contributed by atoms with E-state index < -0.39 is 0 Å². The fourth-order valence-corrected chi connectivity index (χ4v) is 2.01. The van der Waals surface area contributed by atoms with Crippen LogP contribution in [0.4, 0.5) is 5.82 Å². The molecule has 0 aliphatic carbocycles. The molecule has 1 amide bonds. The zero-order valence-corrected chi connectivity index (χ0v) is 10.9. The predicted molar refractivity (Wildman–Crippen MR) is 69.1 cm³/mol. The van der Waals surface area contributed by atoms with Gasteiger partial charge in [0.15, 0.2) is 5.65 Å². The van der Waals surface area contributed by atoms with Gasteiger partial charge in [-0.25, -0.2) is 0 Å². The number of hydrogen-bond acceptors (Lipinski definition) is 7. The zero-order valence-electron chi connectivity index (χ0n) is 10.9. The Balaban J connectivity index is 1.50. The van der Waals surface area contributed by atoms with Gasteiger partial charge in [0.2, 0.25) is 5.91 Å². The molecule has 1 N–H and O–H groups in total. The molecule has 0 aromatic carbocycles. The molecule has 2 aromatic heterocycles. The van der Waals surface area contributed by atoms with E-state index in [1.165, 1.54) is 4.63 Å². The monoisotopic (exact) mass is 277 g/mol. The van der Waals surface area contributed by atoms with Crippen LogP contribution in [0.2, 0.25) is 0 Å². The summed E-state index contributed by atoms with van der Waals surface area (Å²) in [5.41, 5.74) is 0.583. The van der Waals surface area contributed by atoms with E-state index in [1.54, 1.807) is 12.1 Å². The second-order valence-corrected chi connectivity index (χ2v) is 4.42. The number of nitrogens with one attached hydrogen (secondary N) is 1. The van der Waals surface area contributed by atoms with E-state index in [0.29, 0.717) is 50.7 Å². The maximum absolute atomic E-state index is 11.9. The molecule has 0 atom stereocenters. The molecule has 1 fully saturated rings. The largest absolute Gasteiger partial charge is 0.378 e. The van der Waals surface area contributed by atoms with Crippen molar-refractivity contribution in [1.29, 1.82) is 0 Å². The Bertz CT molecular complexity index is 593. The van der Waals surface area contributed by atoms with E-state index in [0.717, 1.165) is 0 Å². The number of hydrogen-bond donors (Lipinski definition) is 1. The molecule has 1 saturated heterocycles. The topological polar surface area (TPSA) is 97.5 Å². The van der Waals surface area contributed by atoms with Crippen LogP contribution in [0.5, 0.6) is 0 Å². The molecule has 106 valence electrons. The highest BCUT2D eigenvalue weighted by Crippen LogP contribution is 2.04. The number of tetrazole rings is 1. The normalized spacial score (nSPS) is 15.5. The maximum atomic E-state index is 11.9. The number of nitrogens with zero attached hydrogens (tertiary/aromatic N) is 6. The van der Waals surface area contributed by atoms with Crippen molar-refractivity contribution in [1.82, 2.24) is 30.2 Å². The van der Waals surface area contributed by atoms with E-state index in [1.807, 2.05) is 4.90 Å². The number of amides is 1. The number of ether oxygens (including phenoxy) is 1. The Labute approximate surface area is 114 Å². The molecule has 0 radical (unpaired) electrons. The van der Waals surface area contributed by atoms with Crippen LogP contribution in [0.3, 0.4) is 0 Å². The predicted octanol–water partition coefficient (Wildman–Crippen LogP) is -0.820.